The second-order valence-corrected chi connectivity index (χ2v) is 9.70. The van der Waals surface area contributed by atoms with E-state index in [0.29, 0.717) is 17.8 Å². The van der Waals surface area contributed by atoms with Crippen molar-refractivity contribution in [1.29, 1.82) is 0 Å². The fourth-order valence-corrected chi connectivity index (χ4v) is 6.17. The van der Waals surface area contributed by atoms with Gasteiger partial charge in [-0.05, 0) is 75.7 Å². The summed E-state index contributed by atoms with van der Waals surface area (Å²) in [5, 5.41) is 5.70. The molecule has 4 fully saturated rings. The predicted octanol–water partition coefficient (Wildman–Crippen LogP) is 3.13. The topological polar surface area (TPSA) is 84.5 Å². The average molecular weight is 413 g/mol. The first kappa shape index (κ1) is 20.9. The summed E-state index contributed by atoms with van der Waals surface area (Å²) in [7, 11) is 0. The van der Waals surface area contributed by atoms with Gasteiger partial charge in [0, 0.05) is 5.41 Å². The molecule has 5 rings (SSSR count). The van der Waals surface area contributed by atoms with Crippen molar-refractivity contribution in [3.63, 3.8) is 0 Å². The first-order valence-corrected chi connectivity index (χ1v) is 11.2. The summed E-state index contributed by atoms with van der Waals surface area (Å²) in [5.74, 6) is 1.06. The molecule has 1 aromatic carbocycles. The van der Waals surface area contributed by atoms with Crippen molar-refractivity contribution in [2.45, 2.75) is 64.5 Å². The van der Waals surface area contributed by atoms with E-state index in [0.717, 1.165) is 24.8 Å². The number of amides is 2. The minimum Gasteiger partial charge on any atom is -0.454 e. The van der Waals surface area contributed by atoms with Gasteiger partial charge in [0.15, 0.2) is 6.61 Å². The molecule has 6 heteroatoms. The van der Waals surface area contributed by atoms with E-state index in [2.05, 4.69) is 10.6 Å². The predicted molar refractivity (Wildman–Crippen MR) is 112 cm³/mol. The molecule has 6 nitrogen and oxygen atoms in total. The van der Waals surface area contributed by atoms with Gasteiger partial charge < -0.3 is 15.4 Å². The molecule has 0 spiro atoms. The van der Waals surface area contributed by atoms with Crippen LogP contribution in [0.25, 0.3) is 0 Å². The van der Waals surface area contributed by atoms with Crippen LogP contribution in [0, 0.1) is 23.2 Å². The molecule has 0 aromatic heterocycles. The van der Waals surface area contributed by atoms with Crippen molar-refractivity contribution >= 4 is 17.8 Å². The molecule has 30 heavy (non-hydrogen) atoms. The number of ether oxygens (including phenoxy) is 1. The number of benzene rings is 1. The molecule has 0 radical (unpaired) electrons. The summed E-state index contributed by atoms with van der Waals surface area (Å²) < 4.78 is 5.16. The number of hydrogen-bond donors (Lipinski definition) is 2. The average Bonchev–Trinajstić information content (AvgIpc) is 2.71. The quantitative estimate of drug-likeness (QED) is 0.674. The molecule has 4 aliphatic rings. The van der Waals surface area contributed by atoms with Gasteiger partial charge in [0.05, 0.1) is 6.04 Å². The highest BCUT2D eigenvalue weighted by molar-refractivity contribution is 5.89. The smallest absolute Gasteiger partial charge is 0.328 e. The van der Waals surface area contributed by atoms with Crippen LogP contribution >= 0.6 is 0 Å². The lowest BCUT2D eigenvalue weighted by Crippen LogP contribution is -2.56. The van der Waals surface area contributed by atoms with Crippen LogP contribution in [0.4, 0.5) is 0 Å². The SMILES string of the molecule is C[C@H](NC(=O)C12CC3CC(CC(C3)C1)C2)C(=O)OCC(=O)N[C@@H](C)c1ccccc1. The second kappa shape index (κ2) is 8.40. The summed E-state index contributed by atoms with van der Waals surface area (Å²) in [6.45, 7) is 3.15. The lowest BCUT2D eigenvalue weighted by Gasteiger charge is -2.55. The molecule has 0 unspecified atom stereocenters. The molecule has 162 valence electrons. The Morgan fingerprint density at radius 1 is 0.967 bits per heavy atom. The fourth-order valence-electron chi connectivity index (χ4n) is 6.17. The largest absolute Gasteiger partial charge is 0.454 e. The van der Waals surface area contributed by atoms with Crippen LogP contribution < -0.4 is 10.6 Å². The van der Waals surface area contributed by atoms with E-state index in [4.69, 9.17) is 4.74 Å². The number of carbonyl (C=O) groups excluding carboxylic acids is 3. The van der Waals surface area contributed by atoms with Crippen molar-refractivity contribution in [2.24, 2.45) is 23.2 Å². The maximum atomic E-state index is 13.1. The van der Waals surface area contributed by atoms with Crippen molar-refractivity contribution in [2.75, 3.05) is 6.61 Å². The first-order chi connectivity index (χ1) is 14.3. The van der Waals surface area contributed by atoms with Crippen molar-refractivity contribution in [3.8, 4) is 0 Å². The lowest BCUT2D eigenvalue weighted by molar-refractivity contribution is -0.155. The number of nitrogens with one attached hydrogen (secondary N) is 2. The third kappa shape index (κ3) is 4.37. The molecule has 0 heterocycles. The zero-order chi connectivity index (χ0) is 21.3. The van der Waals surface area contributed by atoms with Crippen LogP contribution in [-0.4, -0.2) is 30.4 Å². The van der Waals surface area contributed by atoms with E-state index in [1.54, 1.807) is 6.92 Å². The molecule has 2 atom stereocenters. The number of hydrogen-bond acceptors (Lipinski definition) is 4. The minimum atomic E-state index is -0.759. The van der Waals surface area contributed by atoms with Crippen LogP contribution in [0.5, 0.6) is 0 Å². The number of carbonyl (C=O) groups is 3. The van der Waals surface area contributed by atoms with Gasteiger partial charge in [-0.1, -0.05) is 30.3 Å². The third-order valence-electron chi connectivity index (χ3n) is 7.24. The number of esters is 1. The zero-order valence-corrected chi connectivity index (χ0v) is 17.9. The maximum Gasteiger partial charge on any atom is 0.328 e. The highest BCUT2D eigenvalue weighted by Gasteiger charge is 2.54. The molecule has 2 amide bonds. The Bertz CT molecular complexity index is 771. The first-order valence-electron chi connectivity index (χ1n) is 11.2. The third-order valence-corrected chi connectivity index (χ3v) is 7.24. The van der Waals surface area contributed by atoms with Crippen LogP contribution in [0.2, 0.25) is 0 Å². The van der Waals surface area contributed by atoms with Crippen molar-refractivity contribution < 1.29 is 19.1 Å². The van der Waals surface area contributed by atoms with Gasteiger partial charge in [-0.15, -0.1) is 0 Å². The Hall–Kier alpha value is -2.37. The standard InChI is InChI=1S/C24H32N2O4/c1-15(20-6-4-3-5-7-20)25-21(27)14-30-22(28)16(2)26-23(29)24-11-17-8-18(12-24)10-19(9-17)13-24/h3-7,15-19H,8-14H2,1-2H3,(H,25,27)(H,26,29)/t15-,16-,17?,18?,19?,24?/m0/s1. The van der Waals surface area contributed by atoms with E-state index in [9.17, 15) is 14.4 Å². The maximum absolute atomic E-state index is 13.1. The van der Waals surface area contributed by atoms with Gasteiger partial charge in [0.2, 0.25) is 5.91 Å². The summed E-state index contributed by atoms with van der Waals surface area (Å²) in [6, 6.07) is 8.66. The normalized spacial score (nSPS) is 30.9. The Morgan fingerprint density at radius 3 is 2.10 bits per heavy atom. The second-order valence-electron chi connectivity index (χ2n) is 9.70. The fraction of sp³-hybridized carbons (Fsp3) is 0.625. The van der Waals surface area contributed by atoms with E-state index in [1.807, 2.05) is 37.3 Å². The summed E-state index contributed by atoms with van der Waals surface area (Å²) in [6.07, 6.45) is 6.65. The molecule has 0 aliphatic heterocycles. The Balaban J connectivity index is 1.24. The summed E-state index contributed by atoms with van der Waals surface area (Å²) >= 11 is 0. The van der Waals surface area contributed by atoms with Crippen LogP contribution in [0.1, 0.15) is 64.0 Å². The molecule has 0 saturated heterocycles. The van der Waals surface area contributed by atoms with Crippen LogP contribution in [0.15, 0.2) is 30.3 Å². The van der Waals surface area contributed by atoms with E-state index in [1.165, 1.54) is 19.3 Å². The molecule has 4 saturated carbocycles. The van der Waals surface area contributed by atoms with Gasteiger partial charge in [-0.3, -0.25) is 9.59 Å². The highest BCUT2D eigenvalue weighted by atomic mass is 16.5. The molecule has 2 N–H and O–H groups in total. The van der Waals surface area contributed by atoms with Crippen LogP contribution in [0.3, 0.4) is 0 Å². The summed E-state index contributed by atoms with van der Waals surface area (Å²) in [4.78, 5) is 37.5. The van der Waals surface area contributed by atoms with E-state index < -0.39 is 12.0 Å². The summed E-state index contributed by atoms with van der Waals surface area (Å²) in [5.41, 5.74) is 0.680. The van der Waals surface area contributed by atoms with Gasteiger partial charge in [0.1, 0.15) is 6.04 Å². The zero-order valence-electron chi connectivity index (χ0n) is 17.9. The Labute approximate surface area is 178 Å². The lowest BCUT2D eigenvalue weighted by atomic mass is 9.49. The van der Waals surface area contributed by atoms with Gasteiger partial charge in [-0.25, -0.2) is 4.79 Å². The van der Waals surface area contributed by atoms with Gasteiger partial charge in [0.25, 0.3) is 5.91 Å². The minimum absolute atomic E-state index is 0.00630. The molecular weight excluding hydrogens is 380 g/mol. The Morgan fingerprint density at radius 2 is 1.53 bits per heavy atom. The van der Waals surface area contributed by atoms with Gasteiger partial charge >= 0.3 is 5.97 Å². The molecule has 1 aromatic rings. The van der Waals surface area contributed by atoms with Crippen molar-refractivity contribution in [3.05, 3.63) is 35.9 Å². The highest BCUT2D eigenvalue weighted by Crippen LogP contribution is 2.60. The van der Waals surface area contributed by atoms with E-state index in [-0.39, 0.29) is 29.9 Å². The molecule has 4 bridgehead atoms. The Kier molecular flexibility index (Phi) is 5.85. The van der Waals surface area contributed by atoms with Gasteiger partial charge in [-0.2, -0.15) is 0 Å². The monoisotopic (exact) mass is 412 g/mol. The van der Waals surface area contributed by atoms with Crippen molar-refractivity contribution in [1.82, 2.24) is 10.6 Å². The van der Waals surface area contributed by atoms with E-state index >= 15 is 0 Å². The molecular formula is C24H32N2O4. The molecule has 4 aliphatic carbocycles. The van der Waals surface area contributed by atoms with Crippen LogP contribution in [-0.2, 0) is 19.1 Å². The number of rotatable bonds is 7.